The van der Waals surface area contributed by atoms with E-state index < -0.39 is 0 Å². The second-order valence-corrected chi connectivity index (χ2v) is 4.76. The highest BCUT2D eigenvalue weighted by Crippen LogP contribution is 2.28. The molecule has 0 atom stereocenters. The van der Waals surface area contributed by atoms with Crippen molar-refractivity contribution in [3.8, 4) is 5.75 Å². The van der Waals surface area contributed by atoms with Gasteiger partial charge in [-0.25, -0.2) is 0 Å². The number of methoxy groups -OCH3 is 1. The van der Waals surface area contributed by atoms with Crippen molar-refractivity contribution in [2.45, 2.75) is 6.04 Å². The highest BCUT2D eigenvalue weighted by atomic mass is 16.5. The number of carbonyl (C=O) groups excluding carboxylic acids is 1. The molecule has 5 heteroatoms. The number of hydrogen-bond acceptors (Lipinski definition) is 4. The van der Waals surface area contributed by atoms with Crippen molar-refractivity contribution in [3.05, 3.63) is 23.8 Å². The summed E-state index contributed by atoms with van der Waals surface area (Å²) >= 11 is 0. The Morgan fingerprint density at radius 1 is 1.44 bits per heavy atom. The van der Waals surface area contributed by atoms with Gasteiger partial charge in [-0.3, -0.25) is 4.79 Å². The second kappa shape index (κ2) is 4.86. The molecular weight excluding hydrogens is 230 g/mol. The topological polar surface area (TPSA) is 58.8 Å². The summed E-state index contributed by atoms with van der Waals surface area (Å²) in [5, 5.41) is 0. The quantitative estimate of drug-likeness (QED) is 0.800. The number of nitrogens with zero attached hydrogens (tertiary/aromatic N) is 2. The maximum absolute atomic E-state index is 12.3. The molecule has 0 unspecified atom stereocenters. The van der Waals surface area contributed by atoms with Gasteiger partial charge in [0.05, 0.1) is 18.4 Å². The Kier molecular flexibility index (Phi) is 3.43. The molecule has 2 rings (SSSR count). The van der Waals surface area contributed by atoms with E-state index in [0.29, 0.717) is 23.0 Å². The first-order valence-electron chi connectivity index (χ1n) is 5.92. The molecule has 1 aliphatic heterocycles. The van der Waals surface area contributed by atoms with Gasteiger partial charge >= 0.3 is 0 Å². The first kappa shape index (κ1) is 12.7. The van der Waals surface area contributed by atoms with Crippen LogP contribution in [0.15, 0.2) is 18.2 Å². The summed E-state index contributed by atoms with van der Waals surface area (Å²) in [5.74, 6) is 0.452. The number of likely N-dealkylation sites (N-methyl/N-ethyl adjacent to an activating group) is 1. The van der Waals surface area contributed by atoms with Gasteiger partial charge in [-0.05, 0) is 26.2 Å². The fraction of sp³-hybridized carbons (Fsp3) is 0.462. The van der Waals surface area contributed by atoms with E-state index in [1.54, 1.807) is 18.2 Å². The van der Waals surface area contributed by atoms with Crippen molar-refractivity contribution in [2.24, 2.45) is 0 Å². The van der Waals surface area contributed by atoms with Gasteiger partial charge in [-0.15, -0.1) is 0 Å². The number of anilines is 1. The molecule has 0 saturated carbocycles. The molecule has 1 aromatic carbocycles. The van der Waals surface area contributed by atoms with E-state index in [-0.39, 0.29) is 5.91 Å². The minimum absolute atomic E-state index is 0.0164. The van der Waals surface area contributed by atoms with E-state index in [1.807, 2.05) is 19.0 Å². The van der Waals surface area contributed by atoms with Gasteiger partial charge in [0.15, 0.2) is 5.75 Å². The van der Waals surface area contributed by atoms with Crippen LogP contribution in [0, 0.1) is 0 Å². The Balaban J connectivity index is 2.14. The fourth-order valence-corrected chi connectivity index (χ4v) is 2.07. The molecule has 1 saturated heterocycles. The van der Waals surface area contributed by atoms with Crippen LogP contribution >= 0.6 is 0 Å². The van der Waals surface area contributed by atoms with Crippen LogP contribution in [0.4, 0.5) is 5.69 Å². The molecule has 1 heterocycles. The maximum Gasteiger partial charge on any atom is 0.257 e. The third-order valence-electron chi connectivity index (χ3n) is 3.36. The number of hydrogen-bond donors (Lipinski definition) is 1. The summed E-state index contributed by atoms with van der Waals surface area (Å²) in [5.41, 5.74) is 6.83. The average Bonchev–Trinajstić information content (AvgIpc) is 2.25. The number of amides is 1. The van der Waals surface area contributed by atoms with Gasteiger partial charge in [0.25, 0.3) is 5.91 Å². The smallest absolute Gasteiger partial charge is 0.257 e. The number of para-hydroxylation sites is 1. The summed E-state index contributed by atoms with van der Waals surface area (Å²) < 4.78 is 5.21. The van der Waals surface area contributed by atoms with Crippen molar-refractivity contribution in [1.29, 1.82) is 0 Å². The lowest BCUT2D eigenvalue weighted by atomic mass is 10.0. The van der Waals surface area contributed by atoms with Crippen molar-refractivity contribution in [3.63, 3.8) is 0 Å². The number of benzene rings is 1. The third-order valence-corrected chi connectivity index (χ3v) is 3.36. The number of rotatable bonds is 3. The molecular formula is C13H19N3O2. The Bertz CT molecular complexity index is 454. The molecule has 0 radical (unpaired) electrons. The fourth-order valence-electron chi connectivity index (χ4n) is 2.07. The van der Waals surface area contributed by atoms with Crippen molar-refractivity contribution >= 4 is 11.6 Å². The minimum atomic E-state index is -0.0164. The van der Waals surface area contributed by atoms with Gasteiger partial charge in [0, 0.05) is 19.1 Å². The van der Waals surface area contributed by atoms with Crippen LogP contribution in [0.2, 0.25) is 0 Å². The monoisotopic (exact) mass is 249 g/mol. The van der Waals surface area contributed by atoms with Gasteiger partial charge in [-0.1, -0.05) is 6.07 Å². The zero-order valence-electron chi connectivity index (χ0n) is 11.0. The van der Waals surface area contributed by atoms with E-state index in [0.717, 1.165) is 13.1 Å². The molecule has 1 aliphatic rings. The molecule has 0 spiro atoms. The lowest BCUT2D eigenvalue weighted by Crippen LogP contribution is -2.59. The first-order valence-corrected chi connectivity index (χ1v) is 5.92. The van der Waals surface area contributed by atoms with Crippen LogP contribution in [-0.4, -0.2) is 56.0 Å². The normalized spacial score (nSPS) is 15.7. The molecule has 18 heavy (non-hydrogen) atoms. The zero-order chi connectivity index (χ0) is 13.3. The molecule has 1 amide bonds. The van der Waals surface area contributed by atoms with E-state index >= 15 is 0 Å². The SMILES string of the molecule is COc1c(N)cccc1C(=O)N1CC(N(C)C)C1. The average molecular weight is 249 g/mol. The van der Waals surface area contributed by atoms with Crippen LogP contribution in [0.3, 0.4) is 0 Å². The van der Waals surface area contributed by atoms with Crippen molar-refractivity contribution in [2.75, 3.05) is 40.0 Å². The Morgan fingerprint density at radius 3 is 2.67 bits per heavy atom. The van der Waals surface area contributed by atoms with E-state index in [1.165, 1.54) is 7.11 Å². The van der Waals surface area contributed by atoms with Gasteiger partial charge in [-0.2, -0.15) is 0 Å². The zero-order valence-corrected chi connectivity index (χ0v) is 11.0. The number of ether oxygens (including phenoxy) is 1. The van der Waals surface area contributed by atoms with Crippen LogP contribution in [0.5, 0.6) is 5.75 Å². The molecule has 0 aliphatic carbocycles. The van der Waals surface area contributed by atoms with Crippen LogP contribution < -0.4 is 10.5 Å². The number of carbonyl (C=O) groups is 1. The first-order chi connectivity index (χ1) is 8.54. The Hall–Kier alpha value is -1.75. The summed E-state index contributed by atoms with van der Waals surface area (Å²) in [6, 6.07) is 5.70. The van der Waals surface area contributed by atoms with E-state index in [9.17, 15) is 4.79 Å². The summed E-state index contributed by atoms with van der Waals surface area (Å²) in [4.78, 5) is 16.2. The second-order valence-electron chi connectivity index (χ2n) is 4.76. The van der Waals surface area contributed by atoms with Crippen molar-refractivity contribution < 1.29 is 9.53 Å². The predicted octanol–water partition coefficient (Wildman–Crippen LogP) is 0.663. The number of nitrogens with two attached hydrogens (primary N) is 1. The minimum Gasteiger partial charge on any atom is -0.494 e. The van der Waals surface area contributed by atoms with E-state index in [4.69, 9.17) is 10.5 Å². The van der Waals surface area contributed by atoms with E-state index in [2.05, 4.69) is 4.90 Å². The molecule has 0 bridgehead atoms. The molecule has 1 fully saturated rings. The standard InChI is InChI=1S/C13H19N3O2/c1-15(2)9-7-16(8-9)13(17)10-5-4-6-11(14)12(10)18-3/h4-6,9H,7-8,14H2,1-3H3. The summed E-state index contributed by atoms with van der Waals surface area (Å²) in [6.07, 6.45) is 0. The number of nitrogen functional groups attached to an aromatic ring is 1. The summed E-state index contributed by atoms with van der Waals surface area (Å²) in [7, 11) is 5.57. The van der Waals surface area contributed by atoms with Crippen LogP contribution in [0.1, 0.15) is 10.4 Å². The molecule has 2 N–H and O–H groups in total. The molecule has 5 nitrogen and oxygen atoms in total. The lowest BCUT2D eigenvalue weighted by molar-refractivity contribution is 0.0396. The maximum atomic E-state index is 12.3. The molecule has 0 aromatic heterocycles. The Labute approximate surface area is 107 Å². The van der Waals surface area contributed by atoms with Crippen LogP contribution in [0.25, 0.3) is 0 Å². The van der Waals surface area contributed by atoms with Gasteiger partial charge in [0.2, 0.25) is 0 Å². The Morgan fingerprint density at radius 2 is 2.11 bits per heavy atom. The summed E-state index contributed by atoms with van der Waals surface area (Å²) in [6.45, 7) is 1.51. The number of likely N-dealkylation sites (tertiary alicyclic amines) is 1. The highest BCUT2D eigenvalue weighted by molar-refractivity contribution is 5.99. The molecule has 1 aromatic rings. The predicted molar refractivity (Wildman–Crippen MR) is 70.8 cm³/mol. The molecule has 98 valence electrons. The highest BCUT2D eigenvalue weighted by Gasteiger charge is 2.33. The van der Waals surface area contributed by atoms with Crippen molar-refractivity contribution in [1.82, 2.24) is 9.80 Å². The third kappa shape index (κ3) is 2.13. The largest absolute Gasteiger partial charge is 0.494 e. The van der Waals surface area contributed by atoms with Gasteiger partial charge < -0.3 is 20.3 Å². The lowest BCUT2D eigenvalue weighted by Gasteiger charge is -2.42. The van der Waals surface area contributed by atoms with Gasteiger partial charge in [0.1, 0.15) is 0 Å². The van der Waals surface area contributed by atoms with Crippen LogP contribution in [-0.2, 0) is 0 Å².